The SMILES string of the molecule is C=NO[C@H]1CN[C@H](C(=O)O)C1. The van der Waals surface area contributed by atoms with Crippen LogP contribution in [-0.4, -0.2) is 36.5 Å². The zero-order chi connectivity index (χ0) is 8.27. The van der Waals surface area contributed by atoms with Crippen molar-refractivity contribution in [1.29, 1.82) is 0 Å². The Bertz CT molecular complexity index is 171. The highest BCUT2D eigenvalue weighted by atomic mass is 16.6. The second-order valence-corrected chi connectivity index (χ2v) is 2.39. The van der Waals surface area contributed by atoms with Gasteiger partial charge < -0.3 is 15.3 Å². The highest BCUT2D eigenvalue weighted by Gasteiger charge is 2.30. The second-order valence-electron chi connectivity index (χ2n) is 2.39. The van der Waals surface area contributed by atoms with Gasteiger partial charge in [-0.15, -0.1) is 5.16 Å². The van der Waals surface area contributed by atoms with Gasteiger partial charge >= 0.3 is 5.97 Å². The molecule has 1 aliphatic heterocycles. The van der Waals surface area contributed by atoms with Crippen molar-refractivity contribution >= 4 is 12.7 Å². The third kappa shape index (κ3) is 1.91. The Morgan fingerprint density at radius 3 is 3.00 bits per heavy atom. The van der Waals surface area contributed by atoms with E-state index in [-0.39, 0.29) is 6.10 Å². The molecule has 11 heavy (non-hydrogen) atoms. The summed E-state index contributed by atoms with van der Waals surface area (Å²) >= 11 is 0. The summed E-state index contributed by atoms with van der Waals surface area (Å²) in [6.07, 6.45) is 0.308. The topological polar surface area (TPSA) is 70.9 Å². The van der Waals surface area contributed by atoms with Crippen molar-refractivity contribution in [2.24, 2.45) is 5.16 Å². The number of hydrogen-bond donors (Lipinski definition) is 2. The van der Waals surface area contributed by atoms with E-state index >= 15 is 0 Å². The Morgan fingerprint density at radius 2 is 2.55 bits per heavy atom. The van der Waals surface area contributed by atoms with Gasteiger partial charge in [-0.3, -0.25) is 4.79 Å². The number of carboxylic acids is 1. The van der Waals surface area contributed by atoms with Crippen LogP contribution in [0.25, 0.3) is 0 Å². The number of carboxylic acid groups (broad SMARTS) is 1. The summed E-state index contributed by atoms with van der Waals surface area (Å²) in [6.45, 7) is 3.67. The number of carbonyl (C=O) groups is 1. The van der Waals surface area contributed by atoms with Crippen molar-refractivity contribution in [3.63, 3.8) is 0 Å². The fourth-order valence-corrected chi connectivity index (χ4v) is 1.08. The van der Waals surface area contributed by atoms with Gasteiger partial charge in [-0.2, -0.15) is 0 Å². The van der Waals surface area contributed by atoms with E-state index in [1.165, 1.54) is 0 Å². The van der Waals surface area contributed by atoms with Gasteiger partial charge in [0, 0.05) is 19.7 Å². The fraction of sp³-hybridized carbons (Fsp3) is 0.667. The van der Waals surface area contributed by atoms with Crippen LogP contribution in [0.5, 0.6) is 0 Å². The smallest absolute Gasteiger partial charge is 0.320 e. The minimum atomic E-state index is -0.847. The van der Waals surface area contributed by atoms with Crippen LogP contribution in [0.3, 0.4) is 0 Å². The molecule has 0 spiro atoms. The molecule has 0 unspecified atom stereocenters. The second kappa shape index (κ2) is 3.34. The molecule has 0 saturated carbocycles. The molecule has 1 fully saturated rings. The minimum Gasteiger partial charge on any atom is -0.480 e. The highest BCUT2D eigenvalue weighted by molar-refractivity contribution is 5.73. The van der Waals surface area contributed by atoms with Crippen molar-refractivity contribution in [1.82, 2.24) is 5.32 Å². The molecule has 0 radical (unpaired) electrons. The molecule has 1 saturated heterocycles. The van der Waals surface area contributed by atoms with Crippen LogP contribution in [-0.2, 0) is 9.63 Å². The minimum absolute atomic E-state index is 0.145. The maximum atomic E-state index is 10.4. The largest absolute Gasteiger partial charge is 0.480 e. The molecule has 5 nitrogen and oxygen atoms in total. The van der Waals surface area contributed by atoms with Gasteiger partial charge in [0.1, 0.15) is 12.1 Å². The number of oxime groups is 1. The van der Waals surface area contributed by atoms with Gasteiger partial charge in [0.05, 0.1) is 0 Å². The molecule has 62 valence electrons. The van der Waals surface area contributed by atoms with Gasteiger partial charge in [-0.25, -0.2) is 0 Å². The third-order valence-electron chi connectivity index (χ3n) is 1.61. The van der Waals surface area contributed by atoms with E-state index in [1.54, 1.807) is 0 Å². The van der Waals surface area contributed by atoms with E-state index in [0.29, 0.717) is 13.0 Å². The lowest BCUT2D eigenvalue weighted by atomic mass is 10.2. The third-order valence-corrected chi connectivity index (χ3v) is 1.61. The Labute approximate surface area is 64.0 Å². The maximum Gasteiger partial charge on any atom is 0.320 e. The predicted octanol–water partition coefficient (Wildman–Crippen LogP) is -0.566. The number of hydrogen-bond acceptors (Lipinski definition) is 4. The van der Waals surface area contributed by atoms with Crippen LogP contribution in [0, 0.1) is 0 Å². The Balaban J connectivity index is 2.34. The van der Waals surface area contributed by atoms with Crippen molar-refractivity contribution in [2.75, 3.05) is 6.54 Å². The number of nitrogens with zero attached hydrogens (tertiary/aromatic N) is 1. The first-order valence-electron chi connectivity index (χ1n) is 3.32. The first-order chi connectivity index (χ1) is 5.24. The van der Waals surface area contributed by atoms with Crippen LogP contribution < -0.4 is 5.32 Å². The average molecular weight is 158 g/mol. The molecule has 2 atom stereocenters. The van der Waals surface area contributed by atoms with E-state index in [4.69, 9.17) is 9.94 Å². The molecule has 0 bridgehead atoms. The lowest BCUT2D eigenvalue weighted by Gasteiger charge is -2.03. The zero-order valence-corrected chi connectivity index (χ0v) is 5.99. The first kappa shape index (κ1) is 8.00. The van der Waals surface area contributed by atoms with E-state index in [2.05, 4.69) is 17.2 Å². The summed E-state index contributed by atoms with van der Waals surface area (Å²) in [5.41, 5.74) is 0. The Kier molecular flexibility index (Phi) is 2.43. The number of nitrogens with one attached hydrogen (secondary N) is 1. The van der Waals surface area contributed by atoms with Gasteiger partial charge in [0.15, 0.2) is 0 Å². The fourth-order valence-electron chi connectivity index (χ4n) is 1.08. The van der Waals surface area contributed by atoms with E-state index in [1.807, 2.05) is 0 Å². The van der Waals surface area contributed by atoms with Crippen molar-refractivity contribution < 1.29 is 14.7 Å². The zero-order valence-electron chi connectivity index (χ0n) is 5.99. The molecule has 5 heteroatoms. The highest BCUT2D eigenvalue weighted by Crippen LogP contribution is 2.10. The number of aliphatic carboxylic acids is 1. The monoisotopic (exact) mass is 158 g/mol. The van der Waals surface area contributed by atoms with Crippen LogP contribution >= 0.6 is 0 Å². The molecule has 1 heterocycles. The molecular formula is C6H10N2O3. The van der Waals surface area contributed by atoms with E-state index in [0.717, 1.165) is 0 Å². The molecular weight excluding hydrogens is 148 g/mol. The van der Waals surface area contributed by atoms with Gasteiger partial charge in [-0.1, -0.05) is 0 Å². The van der Waals surface area contributed by atoms with Crippen LogP contribution in [0.4, 0.5) is 0 Å². The summed E-state index contributed by atoms with van der Waals surface area (Å²) in [7, 11) is 0. The summed E-state index contributed by atoms with van der Waals surface area (Å²) in [6, 6.07) is -0.498. The summed E-state index contributed by atoms with van der Waals surface area (Å²) in [5.74, 6) is -0.847. The molecule has 0 aliphatic carbocycles. The Morgan fingerprint density at radius 1 is 1.82 bits per heavy atom. The molecule has 2 N–H and O–H groups in total. The molecule has 1 aliphatic rings. The Hall–Kier alpha value is -1.10. The average Bonchev–Trinajstić information content (AvgIpc) is 2.37. The van der Waals surface area contributed by atoms with Crippen LogP contribution in [0.2, 0.25) is 0 Å². The molecule has 0 amide bonds. The molecule has 0 aromatic heterocycles. The van der Waals surface area contributed by atoms with Gasteiger partial charge in [0.2, 0.25) is 0 Å². The first-order valence-corrected chi connectivity index (χ1v) is 3.32. The standard InChI is InChI=1S/C6H10N2O3/c1-7-11-4-2-5(6(9)10)8-3-4/h4-5,8H,1-3H2,(H,9,10)/t4-,5+/m1/s1. The van der Waals surface area contributed by atoms with Crippen LogP contribution in [0.15, 0.2) is 5.16 Å². The summed E-state index contributed by atoms with van der Waals surface area (Å²) in [5, 5.41) is 14.5. The molecule has 1 rings (SSSR count). The van der Waals surface area contributed by atoms with E-state index < -0.39 is 12.0 Å². The van der Waals surface area contributed by atoms with Crippen molar-refractivity contribution in [3.05, 3.63) is 0 Å². The molecule has 0 aromatic carbocycles. The van der Waals surface area contributed by atoms with Crippen LogP contribution in [0.1, 0.15) is 6.42 Å². The predicted molar refractivity (Wildman–Crippen MR) is 38.5 cm³/mol. The number of rotatable bonds is 3. The lowest BCUT2D eigenvalue weighted by molar-refractivity contribution is -0.139. The molecule has 0 aromatic rings. The summed E-state index contributed by atoms with van der Waals surface area (Å²) < 4.78 is 0. The maximum absolute atomic E-state index is 10.4. The summed E-state index contributed by atoms with van der Waals surface area (Å²) in [4.78, 5) is 15.2. The van der Waals surface area contributed by atoms with Crippen molar-refractivity contribution in [2.45, 2.75) is 18.6 Å². The van der Waals surface area contributed by atoms with Gasteiger partial charge in [-0.05, 0) is 0 Å². The lowest BCUT2D eigenvalue weighted by Crippen LogP contribution is -2.29. The van der Waals surface area contributed by atoms with Crippen molar-refractivity contribution in [3.8, 4) is 0 Å². The quantitative estimate of drug-likeness (QED) is 0.426. The van der Waals surface area contributed by atoms with Gasteiger partial charge in [0.25, 0.3) is 0 Å². The normalized spacial score (nSPS) is 29.8. The van der Waals surface area contributed by atoms with E-state index in [9.17, 15) is 4.79 Å².